The molecule has 1 aliphatic heterocycles. The van der Waals surface area contributed by atoms with Gasteiger partial charge < -0.3 is 8.92 Å². The maximum atomic E-state index is 11.7. The van der Waals surface area contributed by atoms with Crippen molar-refractivity contribution in [3.8, 4) is 11.5 Å². The molecule has 1 aliphatic rings. The Labute approximate surface area is 128 Å². The Hall–Kier alpha value is -2.60. The number of para-hydroxylation sites is 1. The summed E-state index contributed by atoms with van der Waals surface area (Å²) in [6.07, 6.45) is 3.44. The summed E-state index contributed by atoms with van der Waals surface area (Å²) in [4.78, 5) is 0. The Kier molecular flexibility index (Phi) is 3.68. The van der Waals surface area contributed by atoms with E-state index in [0.29, 0.717) is 11.3 Å². The summed E-state index contributed by atoms with van der Waals surface area (Å²) in [5.41, 5.74) is 1.89. The Balaban J connectivity index is 1.95. The third-order valence-electron chi connectivity index (χ3n) is 3.12. The zero-order valence-electron chi connectivity index (χ0n) is 11.8. The van der Waals surface area contributed by atoms with Gasteiger partial charge in [0.15, 0.2) is 5.75 Å². The van der Waals surface area contributed by atoms with Gasteiger partial charge in [0.25, 0.3) is 0 Å². The topological polar surface area (TPSA) is 65.0 Å². The van der Waals surface area contributed by atoms with Crippen molar-refractivity contribution in [2.75, 3.05) is 7.11 Å². The van der Waals surface area contributed by atoms with Crippen LogP contribution in [0.4, 0.5) is 0 Å². The molecule has 0 saturated heterocycles. The highest BCUT2D eigenvalue weighted by molar-refractivity contribution is 7.86. The first kappa shape index (κ1) is 14.3. The molecule has 0 unspecified atom stereocenters. The number of allylic oxidation sites excluding steroid dienone is 1. The lowest BCUT2D eigenvalue weighted by Gasteiger charge is -2.14. The summed E-state index contributed by atoms with van der Waals surface area (Å²) in [6, 6.07) is 14.3. The van der Waals surface area contributed by atoms with Gasteiger partial charge in [0, 0.05) is 5.56 Å². The number of ether oxygens (including phenoxy) is 1. The summed E-state index contributed by atoms with van der Waals surface area (Å²) in [5, 5.41) is 0. The highest BCUT2D eigenvalue weighted by atomic mass is 32.2. The van der Waals surface area contributed by atoms with E-state index in [2.05, 4.69) is 4.40 Å². The molecular formula is C16H13NO4S. The third-order valence-corrected chi connectivity index (χ3v) is 3.93. The molecule has 0 bridgehead atoms. The highest BCUT2D eigenvalue weighted by Crippen LogP contribution is 2.26. The Morgan fingerprint density at radius 1 is 1.05 bits per heavy atom. The van der Waals surface area contributed by atoms with Gasteiger partial charge in [-0.05, 0) is 35.9 Å². The maximum Gasteiger partial charge on any atom is 0.429 e. The van der Waals surface area contributed by atoms with Crippen LogP contribution in [0.3, 0.4) is 0 Å². The largest absolute Gasteiger partial charge is 0.497 e. The van der Waals surface area contributed by atoms with Crippen molar-refractivity contribution >= 4 is 22.1 Å². The zero-order chi connectivity index (χ0) is 15.6. The highest BCUT2D eigenvalue weighted by Gasteiger charge is 2.22. The van der Waals surface area contributed by atoms with E-state index in [1.807, 2.05) is 24.3 Å². The first-order valence-electron chi connectivity index (χ1n) is 6.53. The fraction of sp³-hybridized carbons (Fsp3) is 0.0625. The number of hydrogen-bond acceptors (Lipinski definition) is 4. The monoisotopic (exact) mass is 315 g/mol. The molecule has 0 radical (unpaired) electrons. The van der Waals surface area contributed by atoms with E-state index >= 15 is 0 Å². The SMILES string of the molecule is COc1ccc(/C=C/C2=NS(=O)(=O)Oc3ccccc32)cc1. The Morgan fingerprint density at radius 3 is 2.50 bits per heavy atom. The number of nitrogens with zero attached hydrogens (tertiary/aromatic N) is 1. The molecule has 5 nitrogen and oxygen atoms in total. The van der Waals surface area contributed by atoms with Crippen LogP contribution in [0.1, 0.15) is 11.1 Å². The van der Waals surface area contributed by atoms with Gasteiger partial charge in [-0.2, -0.15) is 8.42 Å². The lowest BCUT2D eigenvalue weighted by molar-refractivity contribution is 0.415. The second kappa shape index (κ2) is 5.65. The molecule has 0 aliphatic carbocycles. The minimum Gasteiger partial charge on any atom is -0.497 e. The fourth-order valence-electron chi connectivity index (χ4n) is 2.06. The minimum atomic E-state index is -3.94. The average Bonchev–Trinajstić information content (AvgIpc) is 2.52. The van der Waals surface area contributed by atoms with Gasteiger partial charge in [0.2, 0.25) is 0 Å². The predicted molar refractivity (Wildman–Crippen MR) is 84.6 cm³/mol. The molecule has 2 aromatic carbocycles. The molecule has 0 atom stereocenters. The number of fused-ring (bicyclic) bond motifs is 1. The second-order valence-electron chi connectivity index (χ2n) is 4.59. The molecular weight excluding hydrogens is 302 g/mol. The van der Waals surface area contributed by atoms with Gasteiger partial charge in [-0.25, -0.2) is 0 Å². The van der Waals surface area contributed by atoms with Crippen molar-refractivity contribution in [1.29, 1.82) is 0 Å². The molecule has 0 aromatic heterocycles. The molecule has 22 heavy (non-hydrogen) atoms. The van der Waals surface area contributed by atoms with Crippen LogP contribution in [0.5, 0.6) is 11.5 Å². The standard InChI is InChI=1S/C16H13NO4S/c1-20-13-9-6-12(7-10-13)8-11-15-14-4-2-3-5-16(14)21-22(18,19)17-15/h2-11H,1H3/b11-8+. The van der Waals surface area contributed by atoms with E-state index in [1.165, 1.54) is 0 Å². The lowest BCUT2D eigenvalue weighted by atomic mass is 10.1. The normalized spacial score (nSPS) is 15.8. The van der Waals surface area contributed by atoms with Crippen LogP contribution >= 0.6 is 0 Å². The molecule has 112 valence electrons. The minimum absolute atomic E-state index is 0.284. The summed E-state index contributed by atoms with van der Waals surface area (Å²) >= 11 is 0. The third kappa shape index (κ3) is 3.01. The second-order valence-corrected chi connectivity index (χ2v) is 5.79. The van der Waals surface area contributed by atoms with E-state index < -0.39 is 10.3 Å². The van der Waals surface area contributed by atoms with Gasteiger partial charge in [-0.15, -0.1) is 4.40 Å². The van der Waals surface area contributed by atoms with E-state index in [-0.39, 0.29) is 5.75 Å². The molecule has 0 spiro atoms. The van der Waals surface area contributed by atoms with Gasteiger partial charge in [-0.1, -0.05) is 30.3 Å². The van der Waals surface area contributed by atoms with Crippen molar-refractivity contribution in [2.45, 2.75) is 0 Å². The quantitative estimate of drug-likeness (QED) is 0.873. The van der Waals surface area contributed by atoms with Crippen molar-refractivity contribution in [3.63, 3.8) is 0 Å². The van der Waals surface area contributed by atoms with Crippen LogP contribution in [0, 0.1) is 0 Å². The molecule has 0 fully saturated rings. The van der Waals surface area contributed by atoms with E-state index in [1.54, 1.807) is 43.5 Å². The predicted octanol–water partition coefficient (Wildman–Crippen LogP) is 2.83. The molecule has 0 amide bonds. The summed E-state index contributed by atoms with van der Waals surface area (Å²) in [7, 11) is -2.34. The van der Waals surface area contributed by atoms with Crippen LogP contribution in [0.2, 0.25) is 0 Å². The molecule has 0 N–H and O–H groups in total. The van der Waals surface area contributed by atoms with Gasteiger partial charge in [-0.3, -0.25) is 0 Å². The van der Waals surface area contributed by atoms with E-state index in [0.717, 1.165) is 11.3 Å². The van der Waals surface area contributed by atoms with Crippen molar-refractivity contribution in [1.82, 2.24) is 0 Å². The Bertz CT molecular complexity index is 852. The van der Waals surface area contributed by atoms with E-state index in [4.69, 9.17) is 8.92 Å². The average molecular weight is 315 g/mol. The number of benzene rings is 2. The first-order valence-corrected chi connectivity index (χ1v) is 7.90. The summed E-state index contributed by atoms with van der Waals surface area (Å²) in [5.74, 6) is 1.04. The van der Waals surface area contributed by atoms with Crippen molar-refractivity contribution in [2.24, 2.45) is 4.40 Å². The van der Waals surface area contributed by atoms with Crippen molar-refractivity contribution < 1.29 is 17.3 Å². The number of hydrogen-bond donors (Lipinski definition) is 0. The maximum absolute atomic E-state index is 11.7. The molecule has 0 saturated carbocycles. The van der Waals surface area contributed by atoms with Gasteiger partial charge in [0.1, 0.15) is 5.75 Å². The van der Waals surface area contributed by atoms with Crippen LogP contribution in [-0.4, -0.2) is 21.2 Å². The zero-order valence-corrected chi connectivity index (χ0v) is 12.6. The smallest absolute Gasteiger partial charge is 0.429 e. The molecule has 2 aromatic rings. The molecule has 1 heterocycles. The van der Waals surface area contributed by atoms with Crippen LogP contribution in [0.15, 0.2) is 59.0 Å². The summed E-state index contributed by atoms with van der Waals surface area (Å²) < 4.78 is 36.9. The fourth-order valence-corrected chi connectivity index (χ4v) is 2.87. The lowest BCUT2D eigenvalue weighted by Crippen LogP contribution is -2.17. The van der Waals surface area contributed by atoms with Gasteiger partial charge in [0.05, 0.1) is 12.8 Å². The van der Waals surface area contributed by atoms with Crippen LogP contribution in [0.25, 0.3) is 6.08 Å². The first-order chi connectivity index (χ1) is 10.6. The Morgan fingerprint density at radius 2 is 1.77 bits per heavy atom. The number of rotatable bonds is 3. The van der Waals surface area contributed by atoms with Crippen LogP contribution in [-0.2, 0) is 10.3 Å². The van der Waals surface area contributed by atoms with Gasteiger partial charge >= 0.3 is 10.3 Å². The molecule has 6 heteroatoms. The van der Waals surface area contributed by atoms with Crippen molar-refractivity contribution in [3.05, 3.63) is 65.7 Å². The number of methoxy groups -OCH3 is 1. The summed E-state index contributed by atoms with van der Waals surface area (Å²) in [6.45, 7) is 0. The van der Waals surface area contributed by atoms with Crippen LogP contribution < -0.4 is 8.92 Å². The van der Waals surface area contributed by atoms with E-state index in [9.17, 15) is 8.42 Å². The molecule has 3 rings (SSSR count).